The lowest BCUT2D eigenvalue weighted by Gasteiger charge is -2.63. The van der Waals surface area contributed by atoms with Gasteiger partial charge >= 0.3 is 0 Å². The minimum absolute atomic E-state index is 0.0321. The first-order valence-corrected chi connectivity index (χ1v) is 16.9. The van der Waals surface area contributed by atoms with Crippen LogP contribution in [-0.4, -0.2) is 144 Å². The van der Waals surface area contributed by atoms with Gasteiger partial charge in [-0.05, 0) is 51.4 Å². The monoisotopic (exact) mass is 547 g/mol. The fourth-order valence-corrected chi connectivity index (χ4v) is 10.6. The van der Waals surface area contributed by atoms with Gasteiger partial charge in [0.15, 0.2) is 5.54 Å². The molecule has 7 rings (SSSR count). The molecule has 2 N–H and O–H groups in total. The van der Waals surface area contributed by atoms with Crippen LogP contribution in [0.4, 0.5) is 0 Å². The number of hydrogen-bond donors (Lipinski definition) is 2. The highest BCUT2D eigenvalue weighted by Gasteiger charge is 2.80. The molecule has 7 saturated heterocycles. The van der Waals surface area contributed by atoms with E-state index in [0.717, 1.165) is 97.2 Å². The van der Waals surface area contributed by atoms with Crippen molar-refractivity contribution in [3.05, 3.63) is 0 Å². The van der Waals surface area contributed by atoms with Crippen molar-refractivity contribution in [2.75, 3.05) is 84.4 Å². The van der Waals surface area contributed by atoms with Crippen LogP contribution < -0.4 is 10.6 Å². The van der Waals surface area contributed by atoms with Gasteiger partial charge in [-0.1, -0.05) is 6.42 Å². The van der Waals surface area contributed by atoms with Gasteiger partial charge in [0, 0.05) is 84.4 Å². The number of nitrogens with one attached hydrogen (secondary N) is 2. The molecule has 214 valence electrons. The Morgan fingerprint density at radius 1 is 0.763 bits per heavy atom. The van der Waals surface area contributed by atoms with Gasteiger partial charge in [-0.3, -0.25) is 24.5 Å². The lowest BCUT2D eigenvalue weighted by atomic mass is 9.74. The summed E-state index contributed by atoms with van der Waals surface area (Å²) in [6.45, 7) is 11.9. The number of carbonyl (C=O) groups is 1. The summed E-state index contributed by atoms with van der Waals surface area (Å²) in [7, 11) is 0. The largest absolute Gasteiger partial charge is 0.376 e. The Hall–Kier alpha value is -0.460. The Morgan fingerprint density at radius 2 is 1.42 bits per heavy atom. The molecule has 0 saturated carbocycles. The number of hydrogen-bond acceptors (Lipinski definition) is 9. The standard InChI is InChI=1S/C28H49N7O2S/c36-26-27(25-30-12-22-38-25,31-19-10-29-11-20-31)28(33-15-4-5-16-33,32-13-2-1-3-14-32)24(23-9-8-21-37-23)35(26)34-17-6-7-18-34/h23-25,29-30H,1-22H2. The Labute approximate surface area is 233 Å². The molecule has 10 heteroatoms. The Kier molecular flexibility index (Phi) is 7.71. The predicted octanol–water partition coefficient (Wildman–Crippen LogP) is 0.972. The van der Waals surface area contributed by atoms with E-state index in [4.69, 9.17) is 4.74 Å². The highest BCUT2D eigenvalue weighted by molar-refractivity contribution is 8.00. The van der Waals surface area contributed by atoms with Crippen LogP contribution in [0.15, 0.2) is 0 Å². The van der Waals surface area contributed by atoms with Crippen LogP contribution in [0.25, 0.3) is 0 Å². The zero-order valence-electron chi connectivity index (χ0n) is 23.2. The molecule has 9 nitrogen and oxygen atoms in total. The van der Waals surface area contributed by atoms with Crippen molar-refractivity contribution in [2.24, 2.45) is 0 Å². The zero-order chi connectivity index (χ0) is 25.6. The van der Waals surface area contributed by atoms with Crippen LogP contribution in [0.5, 0.6) is 0 Å². The first kappa shape index (κ1) is 26.4. The number of carbonyl (C=O) groups excluding carboxylic acids is 1. The molecule has 5 atom stereocenters. The van der Waals surface area contributed by atoms with E-state index in [1.807, 2.05) is 11.8 Å². The summed E-state index contributed by atoms with van der Waals surface area (Å²) in [5.74, 6) is 1.45. The number of nitrogens with zero attached hydrogens (tertiary/aromatic N) is 5. The SMILES string of the molecule is O=C1N(N2CCCC2)C(C2CCCO2)C(N2CCCCC2)(N2CCCC2)C1(C1NCCS1)N1CCNCC1. The number of piperidine rings is 1. The molecule has 0 radical (unpaired) electrons. The van der Waals surface area contributed by atoms with Crippen molar-refractivity contribution in [2.45, 2.75) is 86.5 Å². The van der Waals surface area contributed by atoms with Gasteiger partial charge in [0.25, 0.3) is 5.91 Å². The maximum absolute atomic E-state index is 15.7. The first-order valence-electron chi connectivity index (χ1n) is 15.8. The number of piperazine rings is 1. The van der Waals surface area contributed by atoms with Crippen LogP contribution in [0.1, 0.15) is 57.8 Å². The normalized spacial score (nSPS) is 42.7. The third kappa shape index (κ3) is 3.88. The molecular weight excluding hydrogens is 498 g/mol. The quantitative estimate of drug-likeness (QED) is 0.507. The topological polar surface area (TPSA) is 66.6 Å². The highest BCUT2D eigenvalue weighted by atomic mass is 32.2. The van der Waals surface area contributed by atoms with Crippen LogP contribution in [-0.2, 0) is 9.53 Å². The lowest BCUT2D eigenvalue weighted by molar-refractivity contribution is -0.186. The number of thioether (sulfide) groups is 1. The van der Waals surface area contributed by atoms with Crippen LogP contribution in [0, 0.1) is 0 Å². The number of likely N-dealkylation sites (tertiary alicyclic amines) is 2. The van der Waals surface area contributed by atoms with Crippen molar-refractivity contribution in [1.29, 1.82) is 0 Å². The van der Waals surface area contributed by atoms with E-state index in [0.29, 0.717) is 5.91 Å². The smallest absolute Gasteiger partial charge is 0.263 e. The molecular formula is C28H49N7O2S. The molecule has 0 aromatic rings. The summed E-state index contributed by atoms with van der Waals surface area (Å²) in [4.78, 5) is 24.1. The van der Waals surface area contributed by atoms with Gasteiger partial charge in [-0.25, -0.2) is 5.01 Å². The summed E-state index contributed by atoms with van der Waals surface area (Å²) in [6, 6.07) is 0.0321. The molecule has 7 heterocycles. The Balaban J connectivity index is 1.50. The van der Waals surface area contributed by atoms with E-state index < -0.39 is 11.2 Å². The number of rotatable bonds is 6. The van der Waals surface area contributed by atoms with E-state index >= 15 is 4.79 Å². The molecule has 0 aromatic heterocycles. The second-order valence-corrected chi connectivity index (χ2v) is 13.7. The fourth-order valence-electron chi connectivity index (χ4n) is 9.24. The molecule has 0 spiro atoms. The van der Waals surface area contributed by atoms with Crippen LogP contribution in [0.2, 0.25) is 0 Å². The Bertz CT molecular complexity index is 831. The molecule has 7 fully saturated rings. The van der Waals surface area contributed by atoms with Crippen LogP contribution >= 0.6 is 11.8 Å². The number of amides is 1. The van der Waals surface area contributed by atoms with Crippen molar-refractivity contribution in [3.63, 3.8) is 0 Å². The minimum atomic E-state index is -0.642. The van der Waals surface area contributed by atoms with Gasteiger partial charge in [-0.2, -0.15) is 0 Å². The maximum Gasteiger partial charge on any atom is 0.263 e. The number of hydrazine groups is 1. The fraction of sp³-hybridized carbons (Fsp3) is 0.964. The van der Waals surface area contributed by atoms with E-state index in [1.165, 1.54) is 44.9 Å². The first-order chi connectivity index (χ1) is 18.8. The van der Waals surface area contributed by atoms with Crippen molar-refractivity contribution in [3.8, 4) is 0 Å². The van der Waals surface area contributed by atoms with Crippen molar-refractivity contribution < 1.29 is 9.53 Å². The van der Waals surface area contributed by atoms with Gasteiger partial charge in [0.1, 0.15) is 11.7 Å². The average Bonchev–Trinajstić information content (AvgIpc) is 3.80. The molecule has 7 aliphatic heterocycles. The zero-order valence-corrected chi connectivity index (χ0v) is 24.1. The molecule has 0 aliphatic carbocycles. The second-order valence-electron chi connectivity index (χ2n) is 12.5. The summed E-state index contributed by atoms with van der Waals surface area (Å²) in [5.41, 5.74) is -1.04. The van der Waals surface area contributed by atoms with Gasteiger partial charge < -0.3 is 15.4 Å². The van der Waals surface area contributed by atoms with Crippen molar-refractivity contribution in [1.82, 2.24) is 35.4 Å². The highest BCUT2D eigenvalue weighted by Crippen LogP contribution is 2.56. The van der Waals surface area contributed by atoms with Crippen LogP contribution in [0.3, 0.4) is 0 Å². The third-order valence-corrected chi connectivity index (χ3v) is 11.9. The molecule has 0 bridgehead atoms. The van der Waals surface area contributed by atoms with Gasteiger partial charge in [-0.15, -0.1) is 11.8 Å². The molecule has 0 aromatic carbocycles. The summed E-state index contributed by atoms with van der Waals surface area (Å²) in [5, 5.41) is 12.5. The lowest BCUT2D eigenvalue weighted by Crippen LogP contribution is -2.85. The summed E-state index contributed by atoms with van der Waals surface area (Å²) < 4.78 is 6.69. The second kappa shape index (κ2) is 11.1. The Morgan fingerprint density at radius 3 is 2.03 bits per heavy atom. The summed E-state index contributed by atoms with van der Waals surface area (Å²) in [6.07, 6.45) is 10.9. The van der Waals surface area contributed by atoms with Gasteiger partial charge in [0.2, 0.25) is 0 Å². The third-order valence-electron chi connectivity index (χ3n) is 10.6. The van der Waals surface area contributed by atoms with E-state index in [2.05, 4.69) is 35.4 Å². The maximum atomic E-state index is 15.7. The van der Waals surface area contributed by atoms with E-state index in [9.17, 15) is 0 Å². The van der Waals surface area contributed by atoms with E-state index in [1.54, 1.807) is 0 Å². The van der Waals surface area contributed by atoms with E-state index in [-0.39, 0.29) is 17.5 Å². The molecule has 7 aliphatic rings. The molecule has 1 amide bonds. The molecule has 38 heavy (non-hydrogen) atoms. The molecule has 5 unspecified atom stereocenters. The van der Waals surface area contributed by atoms with Crippen molar-refractivity contribution >= 4 is 17.7 Å². The van der Waals surface area contributed by atoms with Gasteiger partial charge in [0.05, 0.1) is 11.5 Å². The average molecular weight is 548 g/mol. The predicted molar refractivity (Wildman–Crippen MR) is 151 cm³/mol. The minimum Gasteiger partial charge on any atom is -0.376 e. The number of ether oxygens (including phenoxy) is 1. The summed E-state index contributed by atoms with van der Waals surface area (Å²) >= 11 is 2.02.